The van der Waals surface area contributed by atoms with Gasteiger partial charge in [0.1, 0.15) is 5.82 Å². The van der Waals surface area contributed by atoms with E-state index >= 15 is 0 Å². The summed E-state index contributed by atoms with van der Waals surface area (Å²) in [5.41, 5.74) is 1.26. The second-order valence-corrected chi connectivity index (χ2v) is 4.62. The SMILES string of the molecule is CCNc1ccc(CN(C)CCN(C)C)cn1. The highest BCUT2D eigenvalue weighted by Crippen LogP contribution is 2.06. The summed E-state index contributed by atoms with van der Waals surface area (Å²) in [7, 11) is 6.34. The molecule has 0 radical (unpaired) electrons. The van der Waals surface area contributed by atoms with Gasteiger partial charge in [-0.25, -0.2) is 4.98 Å². The predicted molar refractivity (Wildman–Crippen MR) is 73.3 cm³/mol. The molecule has 0 spiro atoms. The molecule has 0 amide bonds. The van der Waals surface area contributed by atoms with Gasteiger partial charge in [-0.2, -0.15) is 0 Å². The highest BCUT2D eigenvalue weighted by molar-refractivity contribution is 5.35. The Hall–Kier alpha value is -1.13. The number of pyridine rings is 1. The molecule has 0 aromatic carbocycles. The molecule has 0 aliphatic heterocycles. The van der Waals surface area contributed by atoms with Crippen molar-refractivity contribution >= 4 is 5.82 Å². The van der Waals surface area contributed by atoms with Crippen molar-refractivity contribution in [1.29, 1.82) is 0 Å². The molecule has 1 heterocycles. The van der Waals surface area contributed by atoms with Gasteiger partial charge >= 0.3 is 0 Å². The summed E-state index contributed by atoms with van der Waals surface area (Å²) >= 11 is 0. The molecule has 0 fully saturated rings. The van der Waals surface area contributed by atoms with Crippen LogP contribution in [0.5, 0.6) is 0 Å². The van der Waals surface area contributed by atoms with E-state index in [-0.39, 0.29) is 0 Å². The molecule has 0 unspecified atom stereocenters. The van der Waals surface area contributed by atoms with Crippen molar-refractivity contribution in [1.82, 2.24) is 14.8 Å². The topological polar surface area (TPSA) is 31.4 Å². The molecule has 1 N–H and O–H groups in total. The third kappa shape index (κ3) is 5.65. The third-order valence-electron chi connectivity index (χ3n) is 2.56. The molecule has 0 saturated heterocycles. The minimum Gasteiger partial charge on any atom is -0.370 e. The summed E-state index contributed by atoms with van der Waals surface area (Å²) in [5.74, 6) is 0.951. The number of nitrogens with zero attached hydrogens (tertiary/aromatic N) is 3. The van der Waals surface area contributed by atoms with Gasteiger partial charge < -0.3 is 15.1 Å². The maximum Gasteiger partial charge on any atom is 0.125 e. The fourth-order valence-corrected chi connectivity index (χ4v) is 1.57. The molecule has 17 heavy (non-hydrogen) atoms. The van der Waals surface area contributed by atoms with Crippen LogP contribution in [0.25, 0.3) is 0 Å². The Morgan fingerprint density at radius 3 is 2.47 bits per heavy atom. The lowest BCUT2D eigenvalue weighted by atomic mass is 10.2. The van der Waals surface area contributed by atoms with Gasteiger partial charge in [0.25, 0.3) is 0 Å². The van der Waals surface area contributed by atoms with E-state index in [4.69, 9.17) is 0 Å². The van der Waals surface area contributed by atoms with E-state index in [2.05, 4.69) is 54.2 Å². The number of hydrogen-bond acceptors (Lipinski definition) is 4. The molecule has 4 nitrogen and oxygen atoms in total. The molecular weight excluding hydrogens is 212 g/mol. The summed E-state index contributed by atoms with van der Waals surface area (Å²) in [6.45, 7) is 6.09. The summed E-state index contributed by atoms with van der Waals surface area (Å²) in [6, 6.07) is 4.18. The second-order valence-electron chi connectivity index (χ2n) is 4.62. The maximum atomic E-state index is 4.37. The van der Waals surface area contributed by atoms with Crippen molar-refractivity contribution in [3.63, 3.8) is 0 Å². The summed E-state index contributed by atoms with van der Waals surface area (Å²) in [4.78, 5) is 8.88. The van der Waals surface area contributed by atoms with Crippen molar-refractivity contribution in [3.05, 3.63) is 23.9 Å². The van der Waals surface area contributed by atoms with Crippen molar-refractivity contribution < 1.29 is 0 Å². The van der Waals surface area contributed by atoms with Gasteiger partial charge in [-0.1, -0.05) is 6.07 Å². The lowest BCUT2D eigenvalue weighted by molar-refractivity contribution is 0.276. The fourth-order valence-electron chi connectivity index (χ4n) is 1.57. The second kappa shape index (κ2) is 7.25. The summed E-state index contributed by atoms with van der Waals surface area (Å²) in [6.07, 6.45) is 1.95. The lowest BCUT2D eigenvalue weighted by Crippen LogP contribution is -2.28. The largest absolute Gasteiger partial charge is 0.370 e. The number of nitrogens with one attached hydrogen (secondary N) is 1. The van der Waals surface area contributed by atoms with Crippen LogP contribution in [0, 0.1) is 0 Å². The first-order valence-electron chi connectivity index (χ1n) is 6.14. The van der Waals surface area contributed by atoms with Crippen LogP contribution in [-0.4, -0.2) is 55.6 Å². The van der Waals surface area contributed by atoms with Crippen molar-refractivity contribution in [3.8, 4) is 0 Å². The van der Waals surface area contributed by atoms with Crippen LogP contribution >= 0.6 is 0 Å². The molecule has 1 rings (SSSR count). The van der Waals surface area contributed by atoms with Crippen LogP contribution in [0.15, 0.2) is 18.3 Å². The fraction of sp³-hybridized carbons (Fsp3) is 0.615. The number of hydrogen-bond donors (Lipinski definition) is 1. The molecule has 0 aliphatic rings. The first kappa shape index (κ1) is 13.9. The number of rotatable bonds is 7. The van der Waals surface area contributed by atoms with Crippen LogP contribution < -0.4 is 5.32 Å². The zero-order valence-electron chi connectivity index (χ0n) is 11.4. The van der Waals surface area contributed by atoms with Gasteiger partial charge in [-0.05, 0) is 39.7 Å². The molecule has 0 saturated carbocycles. The van der Waals surface area contributed by atoms with Gasteiger partial charge in [0.05, 0.1) is 0 Å². The Balaban J connectivity index is 2.40. The minimum absolute atomic E-state index is 0.912. The zero-order chi connectivity index (χ0) is 12.7. The van der Waals surface area contributed by atoms with Gasteiger partial charge in [-0.15, -0.1) is 0 Å². The lowest BCUT2D eigenvalue weighted by Gasteiger charge is -2.19. The van der Waals surface area contributed by atoms with Crippen molar-refractivity contribution in [2.45, 2.75) is 13.5 Å². The Morgan fingerprint density at radius 1 is 1.18 bits per heavy atom. The van der Waals surface area contributed by atoms with E-state index in [9.17, 15) is 0 Å². The van der Waals surface area contributed by atoms with Crippen LogP contribution in [-0.2, 0) is 6.54 Å². The van der Waals surface area contributed by atoms with Crippen LogP contribution in [0.3, 0.4) is 0 Å². The number of likely N-dealkylation sites (N-methyl/N-ethyl adjacent to an activating group) is 2. The third-order valence-corrected chi connectivity index (χ3v) is 2.56. The molecule has 1 aromatic heterocycles. The quantitative estimate of drug-likeness (QED) is 0.777. The normalized spacial score (nSPS) is 11.2. The Kier molecular flexibility index (Phi) is 5.94. The monoisotopic (exact) mass is 236 g/mol. The highest BCUT2D eigenvalue weighted by Gasteiger charge is 2.01. The number of anilines is 1. The Morgan fingerprint density at radius 2 is 1.94 bits per heavy atom. The van der Waals surface area contributed by atoms with Gasteiger partial charge in [0.15, 0.2) is 0 Å². The van der Waals surface area contributed by atoms with Gasteiger partial charge in [0.2, 0.25) is 0 Å². The molecule has 96 valence electrons. The zero-order valence-corrected chi connectivity index (χ0v) is 11.4. The highest BCUT2D eigenvalue weighted by atomic mass is 15.1. The van der Waals surface area contributed by atoms with E-state index < -0.39 is 0 Å². The van der Waals surface area contributed by atoms with E-state index in [1.807, 2.05) is 12.3 Å². The molecule has 1 aromatic rings. The predicted octanol–water partition coefficient (Wildman–Crippen LogP) is 1.51. The first-order valence-corrected chi connectivity index (χ1v) is 6.14. The van der Waals surface area contributed by atoms with Crippen LogP contribution in [0.4, 0.5) is 5.82 Å². The van der Waals surface area contributed by atoms with E-state index in [0.29, 0.717) is 0 Å². The van der Waals surface area contributed by atoms with Crippen molar-refractivity contribution in [2.24, 2.45) is 0 Å². The Bertz CT molecular complexity index is 308. The molecule has 0 aliphatic carbocycles. The molecule has 0 atom stereocenters. The van der Waals surface area contributed by atoms with Gasteiger partial charge in [-0.3, -0.25) is 0 Å². The Labute approximate surface area is 105 Å². The summed E-state index contributed by atoms with van der Waals surface area (Å²) in [5, 5.41) is 3.20. The standard InChI is InChI=1S/C13H24N4/c1-5-14-13-7-6-12(10-15-13)11-17(4)9-8-16(2)3/h6-7,10H,5,8-9,11H2,1-4H3,(H,14,15). The average Bonchev–Trinajstić information content (AvgIpc) is 2.29. The molecule has 4 heteroatoms. The van der Waals surface area contributed by atoms with Crippen LogP contribution in [0.2, 0.25) is 0 Å². The van der Waals surface area contributed by atoms with Gasteiger partial charge in [0, 0.05) is 32.4 Å². The van der Waals surface area contributed by atoms with Crippen LogP contribution in [0.1, 0.15) is 12.5 Å². The molecule has 0 bridgehead atoms. The minimum atomic E-state index is 0.912. The first-order chi connectivity index (χ1) is 8.11. The molecular formula is C13H24N4. The van der Waals surface area contributed by atoms with E-state index in [1.165, 1.54) is 5.56 Å². The smallest absolute Gasteiger partial charge is 0.125 e. The van der Waals surface area contributed by atoms with E-state index in [0.717, 1.165) is 32.0 Å². The van der Waals surface area contributed by atoms with Crippen molar-refractivity contribution in [2.75, 3.05) is 46.1 Å². The summed E-state index contributed by atoms with van der Waals surface area (Å²) < 4.78 is 0. The number of aromatic nitrogens is 1. The van der Waals surface area contributed by atoms with E-state index in [1.54, 1.807) is 0 Å². The maximum absolute atomic E-state index is 4.37. The average molecular weight is 236 g/mol.